The quantitative estimate of drug-likeness (QED) is 0.797. The molecule has 0 aliphatic heterocycles. The van der Waals surface area contributed by atoms with Crippen LogP contribution in [-0.4, -0.2) is 54.4 Å². The molecule has 0 amide bonds. The number of rotatable bonds is 6. The Balaban J connectivity index is 1.85. The Bertz CT molecular complexity index is 844. The monoisotopic (exact) mass is 349 g/mol. The largest absolute Gasteiger partial charge is 0.395 e. The first kappa shape index (κ1) is 17.9. The van der Waals surface area contributed by atoms with Gasteiger partial charge in [-0.3, -0.25) is 18.8 Å². The van der Waals surface area contributed by atoms with Crippen molar-refractivity contribution in [1.29, 1.82) is 0 Å². The molecule has 2 aromatic heterocycles. The molecule has 1 N–H and O–H groups in total. The predicted octanol–water partition coefficient (Wildman–Crippen LogP) is 0.0607. The number of fused-ring (bicyclic) bond motifs is 1. The van der Waals surface area contributed by atoms with E-state index in [1.165, 1.54) is 43.7 Å². The lowest BCUT2D eigenvalue weighted by molar-refractivity contribution is 0.120. The first-order valence-electron chi connectivity index (χ1n) is 9.00. The Morgan fingerprint density at radius 3 is 2.56 bits per heavy atom. The molecule has 0 aromatic carbocycles. The third-order valence-corrected chi connectivity index (χ3v) is 5.32. The Morgan fingerprint density at radius 2 is 1.88 bits per heavy atom. The van der Waals surface area contributed by atoms with E-state index in [4.69, 9.17) is 0 Å². The fraction of sp³-hybridized carbons (Fsp3) is 0.706. The molecule has 3 rings (SSSR count). The molecule has 0 saturated heterocycles. The Hall–Kier alpha value is -1.93. The third kappa shape index (κ3) is 3.41. The Kier molecular flexibility index (Phi) is 5.39. The molecule has 0 radical (unpaired) electrons. The third-order valence-electron chi connectivity index (χ3n) is 5.32. The van der Waals surface area contributed by atoms with Crippen LogP contribution in [0.2, 0.25) is 0 Å². The van der Waals surface area contributed by atoms with E-state index < -0.39 is 0 Å². The Morgan fingerprint density at radius 1 is 1.16 bits per heavy atom. The zero-order chi connectivity index (χ0) is 18.0. The molecule has 0 unspecified atom stereocenters. The van der Waals surface area contributed by atoms with Crippen molar-refractivity contribution >= 4 is 11.2 Å². The van der Waals surface area contributed by atoms with Gasteiger partial charge in [0.25, 0.3) is 5.56 Å². The van der Waals surface area contributed by atoms with Crippen LogP contribution in [0.25, 0.3) is 11.2 Å². The molecule has 1 aliphatic rings. The van der Waals surface area contributed by atoms with Gasteiger partial charge in [0, 0.05) is 39.8 Å². The zero-order valence-electron chi connectivity index (χ0n) is 15.0. The number of aryl methyl sites for hydroxylation is 1. The van der Waals surface area contributed by atoms with Crippen LogP contribution >= 0.6 is 0 Å². The minimum absolute atomic E-state index is 0.136. The van der Waals surface area contributed by atoms with Gasteiger partial charge in [0.05, 0.1) is 12.9 Å². The van der Waals surface area contributed by atoms with Crippen molar-refractivity contribution in [2.75, 3.05) is 19.7 Å². The molecule has 0 atom stereocenters. The SMILES string of the molecule is Cn1c(=O)c2c(ncn2CCN(CCO)C2CCCCC2)n(C)c1=O. The molecule has 138 valence electrons. The van der Waals surface area contributed by atoms with Gasteiger partial charge in [-0.05, 0) is 12.8 Å². The summed E-state index contributed by atoms with van der Waals surface area (Å²) in [5, 5.41) is 9.39. The van der Waals surface area contributed by atoms with Gasteiger partial charge < -0.3 is 9.67 Å². The van der Waals surface area contributed by atoms with Gasteiger partial charge in [-0.2, -0.15) is 0 Å². The summed E-state index contributed by atoms with van der Waals surface area (Å²) in [6, 6.07) is 0.503. The van der Waals surface area contributed by atoms with E-state index in [1.54, 1.807) is 13.4 Å². The number of aromatic nitrogens is 4. The highest BCUT2D eigenvalue weighted by molar-refractivity contribution is 5.69. The zero-order valence-corrected chi connectivity index (χ0v) is 15.0. The van der Waals surface area contributed by atoms with Crippen molar-refractivity contribution in [2.24, 2.45) is 14.1 Å². The molecular weight excluding hydrogens is 322 g/mol. The molecule has 2 aromatic rings. The molecular formula is C17H27N5O3. The molecule has 1 fully saturated rings. The average molecular weight is 349 g/mol. The molecule has 0 spiro atoms. The number of aliphatic hydroxyl groups is 1. The lowest BCUT2D eigenvalue weighted by Crippen LogP contribution is -2.41. The second kappa shape index (κ2) is 7.53. The highest BCUT2D eigenvalue weighted by Gasteiger charge is 2.21. The normalized spacial score (nSPS) is 16.2. The molecule has 1 aliphatic carbocycles. The smallest absolute Gasteiger partial charge is 0.332 e. The average Bonchev–Trinajstić information content (AvgIpc) is 3.06. The number of aliphatic hydroxyl groups excluding tert-OH is 1. The van der Waals surface area contributed by atoms with Gasteiger partial charge in [-0.25, -0.2) is 9.78 Å². The highest BCUT2D eigenvalue weighted by Crippen LogP contribution is 2.22. The number of hydrogen-bond acceptors (Lipinski definition) is 5. The first-order valence-corrected chi connectivity index (χ1v) is 9.00. The minimum atomic E-state index is -0.369. The second-order valence-corrected chi connectivity index (χ2v) is 6.87. The van der Waals surface area contributed by atoms with Crippen LogP contribution < -0.4 is 11.2 Å². The summed E-state index contributed by atoms with van der Waals surface area (Å²) >= 11 is 0. The molecule has 8 heteroatoms. The maximum Gasteiger partial charge on any atom is 0.332 e. The molecule has 8 nitrogen and oxygen atoms in total. The van der Waals surface area contributed by atoms with Crippen LogP contribution in [0.1, 0.15) is 32.1 Å². The first-order chi connectivity index (χ1) is 12.0. The lowest BCUT2D eigenvalue weighted by atomic mass is 9.94. The van der Waals surface area contributed by atoms with Crippen molar-refractivity contribution in [3.05, 3.63) is 27.2 Å². The van der Waals surface area contributed by atoms with Crippen LogP contribution in [-0.2, 0) is 20.6 Å². The van der Waals surface area contributed by atoms with Gasteiger partial charge >= 0.3 is 5.69 Å². The van der Waals surface area contributed by atoms with Crippen molar-refractivity contribution in [3.8, 4) is 0 Å². The van der Waals surface area contributed by atoms with E-state index in [-0.39, 0.29) is 17.9 Å². The maximum absolute atomic E-state index is 12.5. The van der Waals surface area contributed by atoms with Gasteiger partial charge in [0.2, 0.25) is 0 Å². The standard InChI is InChI=1S/C17H27N5O3/c1-19-15-14(16(24)20(2)17(19)25)22(12-18-15)9-8-21(10-11-23)13-6-4-3-5-7-13/h12-13,23H,3-11H2,1-2H3. The molecule has 0 bridgehead atoms. The van der Waals surface area contributed by atoms with E-state index in [0.717, 1.165) is 11.1 Å². The van der Waals surface area contributed by atoms with Gasteiger partial charge in [-0.1, -0.05) is 19.3 Å². The lowest BCUT2D eigenvalue weighted by Gasteiger charge is -2.34. The topological polar surface area (TPSA) is 85.3 Å². The highest BCUT2D eigenvalue weighted by atomic mass is 16.3. The number of imidazole rings is 1. The molecule has 1 saturated carbocycles. The summed E-state index contributed by atoms with van der Waals surface area (Å²) < 4.78 is 4.34. The van der Waals surface area contributed by atoms with E-state index >= 15 is 0 Å². The summed E-state index contributed by atoms with van der Waals surface area (Å²) in [7, 11) is 3.11. The van der Waals surface area contributed by atoms with Crippen molar-refractivity contribution in [1.82, 2.24) is 23.6 Å². The summed E-state index contributed by atoms with van der Waals surface area (Å²) in [4.78, 5) is 31.1. The van der Waals surface area contributed by atoms with Crippen LogP contribution in [0.4, 0.5) is 0 Å². The minimum Gasteiger partial charge on any atom is -0.395 e. The van der Waals surface area contributed by atoms with Gasteiger partial charge in [-0.15, -0.1) is 0 Å². The fourth-order valence-electron chi connectivity index (χ4n) is 3.85. The second-order valence-electron chi connectivity index (χ2n) is 6.87. The van der Waals surface area contributed by atoms with E-state index in [2.05, 4.69) is 9.88 Å². The predicted molar refractivity (Wildman–Crippen MR) is 95.7 cm³/mol. The van der Waals surface area contributed by atoms with Crippen LogP contribution in [0.3, 0.4) is 0 Å². The summed E-state index contributed by atoms with van der Waals surface area (Å²) in [6.45, 7) is 2.15. The fourth-order valence-corrected chi connectivity index (χ4v) is 3.85. The van der Waals surface area contributed by atoms with Crippen molar-refractivity contribution < 1.29 is 5.11 Å². The van der Waals surface area contributed by atoms with Crippen LogP contribution in [0, 0.1) is 0 Å². The van der Waals surface area contributed by atoms with Crippen molar-refractivity contribution in [3.63, 3.8) is 0 Å². The van der Waals surface area contributed by atoms with E-state index in [1.807, 2.05) is 4.57 Å². The van der Waals surface area contributed by atoms with E-state index in [0.29, 0.717) is 30.3 Å². The Labute approximate surface area is 146 Å². The van der Waals surface area contributed by atoms with Crippen LogP contribution in [0.15, 0.2) is 15.9 Å². The molecule has 2 heterocycles. The summed E-state index contributed by atoms with van der Waals surface area (Å²) in [6.07, 6.45) is 7.73. The maximum atomic E-state index is 12.5. The van der Waals surface area contributed by atoms with Gasteiger partial charge in [0.15, 0.2) is 11.2 Å². The number of hydrogen-bond donors (Lipinski definition) is 1. The summed E-state index contributed by atoms with van der Waals surface area (Å²) in [5.74, 6) is 0. The van der Waals surface area contributed by atoms with Crippen LogP contribution in [0.5, 0.6) is 0 Å². The van der Waals surface area contributed by atoms with Crippen molar-refractivity contribution in [2.45, 2.75) is 44.7 Å². The molecule has 25 heavy (non-hydrogen) atoms. The summed E-state index contributed by atoms with van der Waals surface area (Å²) in [5.41, 5.74) is 0.186. The van der Waals surface area contributed by atoms with E-state index in [9.17, 15) is 14.7 Å². The van der Waals surface area contributed by atoms with Gasteiger partial charge in [0.1, 0.15) is 0 Å². The number of nitrogens with zero attached hydrogens (tertiary/aromatic N) is 5.